The van der Waals surface area contributed by atoms with Crippen molar-refractivity contribution in [2.45, 2.75) is 19.9 Å². The number of nitrogens with one attached hydrogen (secondary N) is 2. The summed E-state index contributed by atoms with van der Waals surface area (Å²) in [5, 5.41) is 15.8. The highest BCUT2D eigenvalue weighted by Gasteiger charge is 2.04. The highest BCUT2D eigenvalue weighted by atomic mass is 35.5. The number of rotatable bonds is 6. The number of nitriles is 1. The molecule has 2 rings (SSSR count). The average molecular weight is 359 g/mol. The third-order valence-corrected chi connectivity index (χ3v) is 3.76. The molecule has 0 aliphatic carbocycles. The lowest BCUT2D eigenvalue weighted by Gasteiger charge is -2.11. The van der Waals surface area contributed by atoms with E-state index in [2.05, 4.69) is 15.6 Å². The van der Waals surface area contributed by atoms with Crippen molar-refractivity contribution in [3.05, 3.63) is 70.0 Å². The fraction of sp³-hybridized carbons (Fsp3) is 0.263. The van der Waals surface area contributed by atoms with Crippen molar-refractivity contribution in [3.63, 3.8) is 0 Å². The molecule has 0 amide bonds. The monoisotopic (exact) mass is 358 g/mol. The van der Waals surface area contributed by atoms with Gasteiger partial charge in [0.1, 0.15) is 5.82 Å². The Morgan fingerprint density at radius 1 is 1.24 bits per heavy atom. The van der Waals surface area contributed by atoms with Gasteiger partial charge < -0.3 is 10.6 Å². The minimum atomic E-state index is -0.419. The maximum atomic E-state index is 13.9. The van der Waals surface area contributed by atoms with Crippen LogP contribution in [0.3, 0.4) is 0 Å². The van der Waals surface area contributed by atoms with Gasteiger partial charge in [-0.2, -0.15) is 5.26 Å². The van der Waals surface area contributed by atoms with Crippen molar-refractivity contribution >= 4 is 17.6 Å². The van der Waals surface area contributed by atoms with E-state index in [0.717, 1.165) is 17.0 Å². The Balaban J connectivity index is 1.95. The molecular weight excluding hydrogens is 339 g/mol. The van der Waals surface area contributed by atoms with Crippen LogP contribution in [0.15, 0.2) is 47.5 Å². The Bertz CT molecular complexity index is 783. The molecular formula is C19H20ClFN4. The molecule has 0 bridgehead atoms. The van der Waals surface area contributed by atoms with Crippen molar-refractivity contribution in [1.82, 2.24) is 10.6 Å². The largest absolute Gasteiger partial charge is 0.357 e. The van der Waals surface area contributed by atoms with Gasteiger partial charge in [0.05, 0.1) is 18.2 Å². The molecule has 0 saturated heterocycles. The molecule has 0 radical (unpaired) electrons. The zero-order chi connectivity index (χ0) is 18.1. The summed E-state index contributed by atoms with van der Waals surface area (Å²) in [6.45, 7) is 3.56. The Kier molecular flexibility index (Phi) is 7.24. The summed E-state index contributed by atoms with van der Waals surface area (Å²) in [7, 11) is 0. The predicted octanol–water partition coefficient (Wildman–Crippen LogP) is 3.65. The predicted molar refractivity (Wildman–Crippen MR) is 99.1 cm³/mol. The standard InChI is InChI=1S/C19H20ClFN4/c1-2-23-19(24-9-8-14-4-3-5-17(20)10-14)25-13-16-7-6-15(12-22)11-18(16)21/h3-7,10-11H,2,8-9,13H2,1H3,(H2,23,24,25). The lowest BCUT2D eigenvalue weighted by atomic mass is 10.1. The van der Waals surface area contributed by atoms with Gasteiger partial charge in [-0.25, -0.2) is 9.38 Å². The summed E-state index contributed by atoms with van der Waals surface area (Å²) < 4.78 is 13.9. The molecule has 2 N–H and O–H groups in total. The molecule has 25 heavy (non-hydrogen) atoms. The first-order valence-electron chi connectivity index (χ1n) is 8.07. The molecule has 0 atom stereocenters. The second-order valence-corrected chi connectivity index (χ2v) is 5.86. The Labute approximate surface area is 152 Å². The number of aliphatic imine (C=N–C) groups is 1. The molecule has 0 aliphatic rings. The maximum Gasteiger partial charge on any atom is 0.191 e. The zero-order valence-electron chi connectivity index (χ0n) is 14.0. The summed E-state index contributed by atoms with van der Waals surface area (Å²) >= 11 is 5.98. The average Bonchev–Trinajstić information content (AvgIpc) is 2.60. The minimum absolute atomic E-state index is 0.198. The molecule has 2 aromatic rings. The molecule has 0 unspecified atom stereocenters. The van der Waals surface area contributed by atoms with Crippen LogP contribution in [0.1, 0.15) is 23.6 Å². The molecule has 130 valence electrons. The number of benzene rings is 2. The zero-order valence-corrected chi connectivity index (χ0v) is 14.8. The number of guanidine groups is 1. The van der Waals surface area contributed by atoms with Crippen molar-refractivity contribution in [3.8, 4) is 6.07 Å². The smallest absolute Gasteiger partial charge is 0.191 e. The fourth-order valence-electron chi connectivity index (χ4n) is 2.27. The minimum Gasteiger partial charge on any atom is -0.357 e. The third-order valence-electron chi connectivity index (χ3n) is 3.53. The van der Waals surface area contributed by atoms with E-state index in [1.54, 1.807) is 12.1 Å². The van der Waals surface area contributed by atoms with Gasteiger partial charge in [0.2, 0.25) is 0 Å². The summed E-state index contributed by atoms with van der Waals surface area (Å²) in [4.78, 5) is 4.39. The molecule has 0 spiro atoms. The molecule has 2 aromatic carbocycles. The van der Waals surface area contributed by atoms with E-state index in [0.29, 0.717) is 30.2 Å². The summed E-state index contributed by atoms with van der Waals surface area (Å²) in [6, 6.07) is 14.0. The normalized spacial score (nSPS) is 11.0. The lowest BCUT2D eigenvalue weighted by Crippen LogP contribution is -2.38. The number of hydrogen-bond donors (Lipinski definition) is 2. The van der Waals surface area contributed by atoms with Crippen molar-refractivity contribution < 1.29 is 4.39 Å². The molecule has 0 fully saturated rings. The van der Waals surface area contributed by atoms with Crippen LogP contribution in [-0.2, 0) is 13.0 Å². The quantitative estimate of drug-likeness (QED) is 0.612. The van der Waals surface area contributed by atoms with Gasteiger partial charge in [0.25, 0.3) is 0 Å². The highest BCUT2D eigenvalue weighted by molar-refractivity contribution is 6.30. The Hall–Kier alpha value is -2.58. The Morgan fingerprint density at radius 3 is 2.76 bits per heavy atom. The first kappa shape index (κ1) is 18.8. The van der Waals surface area contributed by atoms with E-state index in [1.165, 1.54) is 6.07 Å². The van der Waals surface area contributed by atoms with Crippen LogP contribution < -0.4 is 10.6 Å². The van der Waals surface area contributed by atoms with Gasteiger partial charge in [-0.3, -0.25) is 0 Å². The van der Waals surface area contributed by atoms with Crippen LogP contribution in [-0.4, -0.2) is 19.0 Å². The molecule has 0 aliphatic heterocycles. The van der Waals surface area contributed by atoms with E-state index >= 15 is 0 Å². The van der Waals surface area contributed by atoms with Gasteiger partial charge in [0, 0.05) is 23.7 Å². The van der Waals surface area contributed by atoms with E-state index in [9.17, 15) is 4.39 Å². The van der Waals surface area contributed by atoms with Gasteiger partial charge >= 0.3 is 0 Å². The van der Waals surface area contributed by atoms with Crippen LogP contribution in [0.25, 0.3) is 0 Å². The first-order valence-corrected chi connectivity index (χ1v) is 8.45. The molecule has 0 heterocycles. The summed E-state index contributed by atoms with van der Waals surface area (Å²) in [6.07, 6.45) is 0.802. The van der Waals surface area contributed by atoms with Crippen LogP contribution in [0, 0.1) is 17.1 Å². The highest BCUT2D eigenvalue weighted by Crippen LogP contribution is 2.12. The second kappa shape index (κ2) is 9.65. The molecule has 0 saturated carbocycles. The van der Waals surface area contributed by atoms with Crippen molar-refractivity contribution in [2.24, 2.45) is 4.99 Å². The van der Waals surface area contributed by atoms with Crippen LogP contribution >= 0.6 is 11.6 Å². The van der Waals surface area contributed by atoms with Crippen LogP contribution in [0.4, 0.5) is 4.39 Å². The fourth-order valence-corrected chi connectivity index (χ4v) is 2.48. The third kappa shape index (κ3) is 6.09. The van der Waals surface area contributed by atoms with Crippen LogP contribution in [0.5, 0.6) is 0 Å². The van der Waals surface area contributed by atoms with Crippen molar-refractivity contribution in [1.29, 1.82) is 5.26 Å². The number of nitrogens with zero attached hydrogens (tertiary/aromatic N) is 2. The van der Waals surface area contributed by atoms with Gasteiger partial charge in [-0.1, -0.05) is 29.8 Å². The first-order chi connectivity index (χ1) is 12.1. The molecule has 6 heteroatoms. The molecule has 4 nitrogen and oxygen atoms in total. The number of halogens is 2. The molecule has 0 aromatic heterocycles. The SMILES string of the molecule is CCNC(=NCc1ccc(C#N)cc1F)NCCc1cccc(Cl)c1. The van der Waals surface area contributed by atoms with E-state index in [1.807, 2.05) is 37.3 Å². The van der Waals surface area contributed by atoms with E-state index < -0.39 is 5.82 Å². The topological polar surface area (TPSA) is 60.2 Å². The number of hydrogen-bond acceptors (Lipinski definition) is 2. The van der Waals surface area contributed by atoms with Crippen LogP contribution in [0.2, 0.25) is 5.02 Å². The second-order valence-electron chi connectivity index (χ2n) is 5.42. The summed E-state index contributed by atoms with van der Waals surface area (Å²) in [5.74, 6) is 0.200. The van der Waals surface area contributed by atoms with Gasteiger partial charge in [-0.15, -0.1) is 0 Å². The lowest BCUT2D eigenvalue weighted by molar-refractivity contribution is 0.609. The Morgan fingerprint density at radius 2 is 2.08 bits per heavy atom. The van der Waals surface area contributed by atoms with E-state index in [-0.39, 0.29) is 6.54 Å². The van der Waals surface area contributed by atoms with Gasteiger partial charge in [0.15, 0.2) is 5.96 Å². The summed E-state index contributed by atoms with van der Waals surface area (Å²) in [5.41, 5.74) is 1.89. The van der Waals surface area contributed by atoms with Gasteiger partial charge in [-0.05, 0) is 43.2 Å². The van der Waals surface area contributed by atoms with Crippen molar-refractivity contribution in [2.75, 3.05) is 13.1 Å². The maximum absolute atomic E-state index is 13.9. The van der Waals surface area contributed by atoms with E-state index in [4.69, 9.17) is 16.9 Å².